The summed E-state index contributed by atoms with van der Waals surface area (Å²) in [5, 5.41) is 0.560. The number of nitrogens with two attached hydrogens (primary N) is 1. The molecule has 0 atom stereocenters. The van der Waals surface area contributed by atoms with Crippen LogP contribution in [0, 0.1) is 5.82 Å². The first-order chi connectivity index (χ1) is 9.58. The second kappa shape index (κ2) is 6.73. The molecule has 106 valence electrons. The molecule has 0 aliphatic carbocycles. The van der Waals surface area contributed by atoms with Crippen molar-refractivity contribution < 1.29 is 4.39 Å². The molecule has 4 heteroatoms. The quantitative estimate of drug-likeness (QED) is 0.841. The minimum Gasteiger partial charge on any atom is -0.399 e. The summed E-state index contributed by atoms with van der Waals surface area (Å²) in [5.41, 5.74) is 8.20. The molecule has 0 saturated carbocycles. The molecule has 0 spiro atoms. The van der Waals surface area contributed by atoms with Crippen molar-refractivity contribution in [2.45, 2.75) is 20.0 Å². The average molecular weight is 293 g/mol. The lowest BCUT2D eigenvalue weighted by Gasteiger charge is -2.21. The van der Waals surface area contributed by atoms with Crippen molar-refractivity contribution in [3.05, 3.63) is 64.4 Å². The minimum absolute atomic E-state index is 0.217. The summed E-state index contributed by atoms with van der Waals surface area (Å²) in [6.45, 7) is 4.17. The lowest BCUT2D eigenvalue weighted by molar-refractivity contribution is 0.267. The summed E-state index contributed by atoms with van der Waals surface area (Å²) in [6.07, 6.45) is 0. The van der Waals surface area contributed by atoms with Gasteiger partial charge in [0.2, 0.25) is 0 Å². The van der Waals surface area contributed by atoms with Crippen LogP contribution in [0.15, 0.2) is 42.5 Å². The fraction of sp³-hybridized carbons (Fsp3) is 0.250. The molecule has 0 fully saturated rings. The van der Waals surface area contributed by atoms with Gasteiger partial charge in [-0.2, -0.15) is 0 Å². The van der Waals surface area contributed by atoms with E-state index in [1.165, 1.54) is 6.07 Å². The predicted molar refractivity (Wildman–Crippen MR) is 82.1 cm³/mol. The van der Waals surface area contributed by atoms with Crippen LogP contribution in [0.2, 0.25) is 5.02 Å². The number of hydrogen-bond donors (Lipinski definition) is 1. The van der Waals surface area contributed by atoms with Crippen LogP contribution in [0.4, 0.5) is 10.1 Å². The molecule has 2 rings (SSSR count). The third kappa shape index (κ3) is 3.95. The SMILES string of the molecule is CCN(Cc1ccc(N)cc1)Cc1cc(Cl)ccc1F. The van der Waals surface area contributed by atoms with Crippen molar-refractivity contribution in [3.63, 3.8) is 0 Å². The number of anilines is 1. The van der Waals surface area contributed by atoms with Gasteiger partial charge in [0, 0.05) is 29.4 Å². The van der Waals surface area contributed by atoms with Crippen molar-refractivity contribution in [2.24, 2.45) is 0 Å². The smallest absolute Gasteiger partial charge is 0.127 e. The van der Waals surface area contributed by atoms with Crippen LogP contribution in [0.25, 0.3) is 0 Å². The highest BCUT2D eigenvalue weighted by molar-refractivity contribution is 6.30. The molecule has 2 nitrogen and oxygen atoms in total. The highest BCUT2D eigenvalue weighted by atomic mass is 35.5. The van der Waals surface area contributed by atoms with Crippen molar-refractivity contribution in [1.29, 1.82) is 0 Å². The van der Waals surface area contributed by atoms with E-state index < -0.39 is 0 Å². The van der Waals surface area contributed by atoms with E-state index in [-0.39, 0.29) is 5.82 Å². The lowest BCUT2D eigenvalue weighted by atomic mass is 10.1. The molecule has 0 unspecified atom stereocenters. The Balaban J connectivity index is 2.08. The Kier molecular flexibility index (Phi) is 4.99. The number of rotatable bonds is 5. The first kappa shape index (κ1) is 14.8. The number of halogens is 2. The molecule has 0 aromatic heterocycles. The van der Waals surface area contributed by atoms with Gasteiger partial charge in [-0.25, -0.2) is 4.39 Å². The topological polar surface area (TPSA) is 29.3 Å². The maximum atomic E-state index is 13.8. The molecule has 2 N–H and O–H groups in total. The third-order valence-corrected chi connectivity index (χ3v) is 3.47. The van der Waals surface area contributed by atoms with Gasteiger partial charge in [0.25, 0.3) is 0 Å². The average Bonchev–Trinajstić information content (AvgIpc) is 2.44. The second-order valence-electron chi connectivity index (χ2n) is 4.78. The summed E-state index contributed by atoms with van der Waals surface area (Å²) < 4.78 is 13.8. The van der Waals surface area contributed by atoms with E-state index in [1.807, 2.05) is 24.3 Å². The van der Waals surface area contributed by atoms with Crippen LogP contribution in [0.1, 0.15) is 18.1 Å². The zero-order chi connectivity index (χ0) is 14.5. The van der Waals surface area contributed by atoms with Crippen molar-refractivity contribution in [3.8, 4) is 0 Å². The van der Waals surface area contributed by atoms with Crippen molar-refractivity contribution in [1.82, 2.24) is 4.90 Å². The maximum absolute atomic E-state index is 13.8. The van der Waals surface area contributed by atoms with Crippen LogP contribution < -0.4 is 5.73 Å². The molecule has 0 saturated heterocycles. The van der Waals surface area contributed by atoms with Crippen LogP contribution in [0.5, 0.6) is 0 Å². The third-order valence-electron chi connectivity index (χ3n) is 3.23. The Bertz CT molecular complexity index is 569. The van der Waals surface area contributed by atoms with E-state index in [1.54, 1.807) is 12.1 Å². The van der Waals surface area contributed by atoms with E-state index in [9.17, 15) is 4.39 Å². The van der Waals surface area contributed by atoms with Gasteiger partial charge in [-0.3, -0.25) is 4.90 Å². The van der Waals surface area contributed by atoms with Crippen molar-refractivity contribution in [2.75, 3.05) is 12.3 Å². The standard InChI is InChI=1S/C16H18ClFN2/c1-2-20(10-12-3-6-15(19)7-4-12)11-13-9-14(17)5-8-16(13)18/h3-9H,2,10-11,19H2,1H3. The number of hydrogen-bond acceptors (Lipinski definition) is 2. The van der Waals surface area contributed by atoms with Crippen LogP contribution in [0.3, 0.4) is 0 Å². The van der Waals surface area contributed by atoms with Gasteiger partial charge in [-0.1, -0.05) is 30.7 Å². The Morgan fingerprint density at radius 1 is 1.10 bits per heavy atom. The molecular formula is C16H18ClFN2. The Labute approximate surface area is 124 Å². The van der Waals surface area contributed by atoms with Gasteiger partial charge in [-0.05, 0) is 42.4 Å². The van der Waals surface area contributed by atoms with Gasteiger partial charge >= 0.3 is 0 Å². The summed E-state index contributed by atoms with van der Waals surface area (Å²) in [5.74, 6) is -0.217. The van der Waals surface area contributed by atoms with E-state index in [2.05, 4.69) is 11.8 Å². The van der Waals surface area contributed by atoms with Gasteiger partial charge in [-0.15, -0.1) is 0 Å². The van der Waals surface area contributed by atoms with E-state index in [0.29, 0.717) is 17.1 Å². The van der Waals surface area contributed by atoms with Crippen molar-refractivity contribution >= 4 is 17.3 Å². The van der Waals surface area contributed by atoms with E-state index >= 15 is 0 Å². The lowest BCUT2D eigenvalue weighted by Crippen LogP contribution is -2.22. The van der Waals surface area contributed by atoms with Crippen LogP contribution >= 0.6 is 11.6 Å². The Morgan fingerprint density at radius 2 is 1.80 bits per heavy atom. The monoisotopic (exact) mass is 292 g/mol. The second-order valence-corrected chi connectivity index (χ2v) is 5.22. The summed E-state index contributed by atoms with van der Waals surface area (Å²) in [6, 6.07) is 12.4. The summed E-state index contributed by atoms with van der Waals surface area (Å²) in [7, 11) is 0. The molecular weight excluding hydrogens is 275 g/mol. The highest BCUT2D eigenvalue weighted by Crippen LogP contribution is 2.18. The minimum atomic E-state index is -0.217. The molecule has 0 heterocycles. The number of benzene rings is 2. The zero-order valence-electron chi connectivity index (χ0n) is 11.4. The zero-order valence-corrected chi connectivity index (χ0v) is 12.2. The van der Waals surface area contributed by atoms with E-state index in [4.69, 9.17) is 17.3 Å². The van der Waals surface area contributed by atoms with Crippen LogP contribution in [-0.4, -0.2) is 11.4 Å². The van der Waals surface area contributed by atoms with Gasteiger partial charge < -0.3 is 5.73 Å². The molecule has 0 amide bonds. The van der Waals surface area contributed by atoms with Crippen LogP contribution in [-0.2, 0) is 13.1 Å². The van der Waals surface area contributed by atoms with E-state index in [0.717, 1.165) is 24.3 Å². The maximum Gasteiger partial charge on any atom is 0.127 e. The molecule has 0 aliphatic rings. The fourth-order valence-corrected chi connectivity index (χ4v) is 2.26. The molecule has 0 radical (unpaired) electrons. The Morgan fingerprint density at radius 3 is 2.45 bits per heavy atom. The first-order valence-electron chi connectivity index (χ1n) is 6.59. The first-order valence-corrected chi connectivity index (χ1v) is 6.97. The molecule has 2 aromatic rings. The molecule has 20 heavy (non-hydrogen) atoms. The molecule has 0 aliphatic heterocycles. The fourth-order valence-electron chi connectivity index (χ4n) is 2.07. The van der Waals surface area contributed by atoms with Gasteiger partial charge in [0.1, 0.15) is 5.82 Å². The molecule has 2 aromatic carbocycles. The molecule has 0 bridgehead atoms. The number of nitrogens with zero attached hydrogens (tertiary/aromatic N) is 1. The van der Waals surface area contributed by atoms with Gasteiger partial charge in [0.05, 0.1) is 0 Å². The van der Waals surface area contributed by atoms with Gasteiger partial charge in [0.15, 0.2) is 0 Å². The summed E-state index contributed by atoms with van der Waals surface area (Å²) in [4.78, 5) is 2.15. The number of nitrogen functional groups attached to an aromatic ring is 1. The largest absolute Gasteiger partial charge is 0.399 e. The summed E-state index contributed by atoms with van der Waals surface area (Å²) >= 11 is 5.92. The Hall–Kier alpha value is -1.58. The normalized spacial score (nSPS) is 11.0. The predicted octanol–water partition coefficient (Wildman–Crippen LogP) is 4.08. The highest BCUT2D eigenvalue weighted by Gasteiger charge is 2.09.